The van der Waals surface area contributed by atoms with Gasteiger partial charge < -0.3 is 89.8 Å². The third-order valence-corrected chi connectivity index (χ3v) is 22.8. The summed E-state index contributed by atoms with van der Waals surface area (Å²) in [6.45, 7) is 0. The van der Waals surface area contributed by atoms with Gasteiger partial charge in [-0.3, -0.25) is 36.5 Å². The van der Waals surface area contributed by atoms with Crippen LogP contribution in [0, 0.1) is 10.8 Å². The van der Waals surface area contributed by atoms with Gasteiger partial charge in [0.25, 0.3) is 0 Å². The second-order valence-corrected chi connectivity index (χ2v) is 25.2. The lowest BCUT2D eigenvalue weighted by Gasteiger charge is -2.68. The summed E-state index contributed by atoms with van der Waals surface area (Å²) in [7, 11) is -58.1. The van der Waals surface area contributed by atoms with Crippen molar-refractivity contribution < 1.29 is 115 Å². The Morgan fingerprint density at radius 3 is 0.773 bits per heavy atom. The standard InChI is InChI=1S/C10H30N2O24P8/c11-9(12)3-1-2-8(4(37(13,14)15)38(16,17)18,5(39(19,20)21)40(22,23)24)10(9,6(41(25,26)27)42(28,29)30)7(43(31,32)33)44(34,35)36/h4-7H,1-3,11-12H2,(H2,13,14,15)(H2,16,17,18)(H2,19,20,21)(H2,22,23,24)(H2,25,26,27)(H2,28,29,30)(H2,31,32,33)(H2,34,35,36). The van der Waals surface area contributed by atoms with Crippen molar-refractivity contribution in [2.24, 2.45) is 22.3 Å². The predicted octanol–water partition coefficient (Wildman–Crippen LogP) is -3.52. The second kappa shape index (κ2) is 12.2. The summed E-state index contributed by atoms with van der Waals surface area (Å²) in [6, 6.07) is 0. The molecule has 0 saturated heterocycles. The molecule has 34 heteroatoms. The molecule has 0 bridgehead atoms. The fourth-order valence-corrected chi connectivity index (χ4v) is 22.7. The lowest BCUT2D eigenvalue weighted by molar-refractivity contribution is -0.0696. The Kier molecular flexibility index (Phi) is 11.9. The topological polar surface area (TPSA) is 512 Å². The average Bonchev–Trinajstić information content (AvgIpc) is 2.55. The first-order valence-electron chi connectivity index (χ1n) is 10.7. The minimum Gasteiger partial charge on any atom is -0.324 e. The first kappa shape index (κ1) is 43.1. The molecule has 26 nitrogen and oxygen atoms in total. The van der Waals surface area contributed by atoms with E-state index < -0.39 is 118 Å². The Morgan fingerprint density at radius 2 is 0.591 bits per heavy atom. The number of hydrogen-bond acceptors (Lipinski definition) is 10. The Bertz CT molecular complexity index is 1320. The molecule has 0 aliphatic heterocycles. The largest absolute Gasteiger partial charge is 0.341 e. The molecule has 264 valence electrons. The molecule has 0 atom stereocenters. The van der Waals surface area contributed by atoms with E-state index in [0.717, 1.165) is 0 Å². The minimum absolute atomic E-state index is 1.31. The Labute approximate surface area is 244 Å². The van der Waals surface area contributed by atoms with Crippen LogP contribution < -0.4 is 11.5 Å². The van der Waals surface area contributed by atoms with Crippen LogP contribution in [0.5, 0.6) is 0 Å². The molecule has 44 heavy (non-hydrogen) atoms. The zero-order valence-corrected chi connectivity index (χ0v) is 28.2. The Morgan fingerprint density at radius 1 is 0.386 bits per heavy atom. The van der Waals surface area contributed by atoms with Crippen LogP contribution in [-0.4, -0.2) is 106 Å². The number of rotatable bonds is 12. The zero-order valence-electron chi connectivity index (χ0n) is 21.1. The molecule has 0 aromatic carbocycles. The van der Waals surface area contributed by atoms with Crippen molar-refractivity contribution in [3.8, 4) is 0 Å². The molecule has 0 aromatic heterocycles. The van der Waals surface area contributed by atoms with Crippen molar-refractivity contribution in [1.29, 1.82) is 0 Å². The van der Waals surface area contributed by atoms with Crippen molar-refractivity contribution in [2.75, 3.05) is 0 Å². The van der Waals surface area contributed by atoms with E-state index in [4.69, 9.17) is 11.5 Å². The summed E-state index contributed by atoms with van der Waals surface area (Å²) in [5.74, 6) is 0. The highest BCUT2D eigenvalue weighted by Gasteiger charge is 2.89. The monoisotopic (exact) mass is 810 g/mol. The van der Waals surface area contributed by atoms with Gasteiger partial charge in [0.2, 0.25) is 0 Å². The van der Waals surface area contributed by atoms with Crippen LogP contribution >= 0.6 is 60.8 Å². The molecule has 1 aliphatic rings. The van der Waals surface area contributed by atoms with Crippen LogP contribution in [0.4, 0.5) is 0 Å². The highest BCUT2D eigenvalue weighted by atomic mass is 31.3. The molecule has 0 radical (unpaired) electrons. The third-order valence-electron chi connectivity index (χ3n) is 7.01. The van der Waals surface area contributed by atoms with Gasteiger partial charge in [-0.1, -0.05) is 0 Å². The van der Waals surface area contributed by atoms with Crippen LogP contribution in [-0.2, 0) is 36.5 Å². The average molecular weight is 810 g/mol. The summed E-state index contributed by atoms with van der Waals surface area (Å²) in [5.41, 5.74) is -3.33. The van der Waals surface area contributed by atoms with Gasteiger partial charge in [-0.2, -0.15) is 0 Å². The SMILES string of the molecule is NC1(N)CCCC(C(P(=O)(O)O)P(=O)(O)O)(C(P(=O)(O)O)P(=O)(O)O)C1(C(P(=O)(O)O)P(=O)(O)O)C(P(=O)(O)O)P(=O)(O)O. The van der Waals surface area contributed by atoms with E-state index >= 15 is 0 Å². The first-order chi connectivity index (χ1) is 18.7. The van der Waals surface area contributed by atoms with Gasteiger partial charge in [0.1, 0.15) is 0 Å². The van der Waals surface area contributed by atoms with Crippen molar-refractivity contribution in [3.05, 3.63) is 0 Å². The Balaban J connectivity index is 5.53. The maximum absolute atomic E-state index is 12.9. The third kappa shape index (κ3) is 7.79. The highest BCUT2D eigenvalue weighted by Crippen LogP contribution is 2.90. The molecule has 0 aromatic rings. The maximum atomic E-state index is 12.9. The molecule has 1 fully saturated rings. The van der Waals surface area contributed by atoms with Gasteiger partial charge in [-0.05, 0) is 19.3 Å². The van der Waals surface area contributed by atoms with E-state index in [1.54, 1.807) is 0 Å². The summed E-state index contributed by atoms with van der Waals surface area (Å²) in [6.07, 6.45) is -5.02. The second-order valence-electron chi connectivity index (χ2n) is 10.0. The number of hydrogen-bond donors (Lipinski definition) is 18. The fraction of sp³-hybridized carbons (Fsp3) is 1.00. The van der Waals surface area contributed by atoms with Crippen molar-refractivity contribution in [2.45, 2.75) is 46.5 Å². The summed E-state index contributed by atoms with van der Waals surface area (Å²) in [4.78, 5) is 163. The van der Waals surface area contributed by atoms with Crippen LogP contribution in [0.1, 0.15) is 19.3 Å². The van der Waals surface area contributed by atoms with E-state index in [1.165, 1.54) is 0 Å². The van der Waals surface area contributed by atoms with E-state index in [0.29, 0.717) is 0 Å². The van der Waals surface area contributed by atoms with E-state index in [9.17, 15) is 115 Å². The van der Waals surface area contributed by atoms with Gasteiger partial charge in [0.15, 0.2) is 21.6 Å². The quantitative estimate of drug-likeness (QED) is 0.0671. The lowest BCUT2D eigenvalue weighted by Crippen LogP contribution is -2.81. The molecular weight excluding hydrogens is 780 g/mol. The van der Waals surface area contributed by atoms with Gasteiger partial charge in [-0.25, -0.2) is 0 Å². The van der Waals surface area contributed by atoms with Crippen LogP contribution in [0.3, 0.4) is 0 Å². The summed E-state index contributed by atoms with van der Waals surface area (Å²) >= 11 is 0. The van der Waals surface area contributed by atoms with Crippen LogP contribution in [0.25, 0.3) is 0 Å². The lowest BCUT2D eigenvalue weighted by atomic mass is 9.53. The number of nitrogens with two attached hydrogens (primary N) is 2. The molecule has 1 rings (SSSR count). The summed E-state index contributed by atoms with van der Waals surface area (Å²) in [5, 5.41) is -18.9. The molecular formula is C10H30N2O24P8. The minimum atomic E-state index is -7.29. The zero-order chi connectivity index (χ0) is 35.9. The van der Waals surface area contributed by atoms with Gasteiger partial charge in [0.05, 0.1) is 11.1 Å². The molecule has 0 heterocycles. The fourth-order valence-electron chi connectivity index (χ4n) is 6.48. The van der Waals surface area contributed by atoms with Crippen LogP contribution in [0.2, 0.25) is 0 Å². The summed E-state index contributed by atoms with van der Waals surface area (Å²) < 4.78 is 103. The smallest absolute Gasteiger partial charge is 0.324 e. The van der Waals surface area contributed by atoms with Crippen LogP contribution in [0.15, 0.2) is 0 Å². The van der Waals surface area contributed by atoms with Gasteiger partial charge >= 0.3 is 60.8 Å². The molecule has 1 saturated carbocycles. The molecule has 0 spiro atoms. The maximum Gasteiger partial charge on any atom is 0.341 e. The normalized spacial score (nSPS) is 21.0. The van der Waals surface area contributed by atoms with E-state index in [-0.39, 0.29) is 0 Å². The van der Waals surface area contributed by atoms with Crippen molar-refractivity contribution in [1.82, 2.24) is 0 Å². The van der Waals surface area contributed by atoms with Gasteiger partial charge in [-0.15, -0.1) is 0 Å². The highest BCUT2D eigenvalue weighted by molar-refractivity contribution is 7.74. The molecule has 1 aliphatic carbocycles. The molecule has 20 N–H and O–H groups in total. The van der Waals surface area contributed by atoms with E-state index in [2.05, 4.69) is 0 Å². The van der Waals surface area contributed by atoms with Crippen molar-refractivity contribution >= 4 is 60.8 Å². The van der Waals surface area contributed by atoms with Gasteiger partial charge in [0, 0.05) is 5.41 Å². The first-order valence-corrected chi connectivity index (χ1v) is 24.1. The molecule has 0 unspecified atom stereocenters. The van der Waals surface area contributed by atoms with E-state index in [1.807, 2.05) is 0 Å². The van der Waals surface area contributed by atoms with Crippen molar-refractivity contribution in [3.63, 3.8) is 0 Å². The molecule has 0 amide bonds. The predicted molar refractivity (Wildman–Crippen MR) is 141 cm³/mol. The Hall–Kier alpha value is 1.12.